The van der Waals surface area contributed by atoms with Gasteiger partial charge in [-0.1, -0.05) is 31.4 Å². The molecule has 27 heavy (non-hydrogen) atoms. The van der Waals surface area contributed by atoms with Gasteiger partial charge in [-0.05, 0) is 43.4 Å². The topological polar surface area (TPSA) is 36.4 Å². The van der Waals surface area contributed by atoms with Gasteiger partial charge in [0.05, 0.1) is 10.7 Å². The van der Waals surface area contributed by atoms with Crippen LogP contribution in [0.1, 0.15) is 64.6 Å². The van der Waals surface area contributed by atoms with Crippen molar-refractivity contribution in [2.45, 2.75) is 51.5 Å². The number of hydrogen-bond acceptors (Lipinski definition) is 4. The van der Waals surface area contributed by atoms with Crippen LogP contribution >= 0.6 is 11.3 Å². The minimum atomic E-state index is 0.175. The molecule has 0 spiro atoms. The number of benzene rings is 1. The summed E-state index contributed by atoms with van der Waals surface area (Å²) in [5.74, 6) is 0.871. The smallest absolute Gasteiger partial charge is 0.253 e. The fraction of sp³-hybridized carbons (Fsp3) is 0.545. The summed E-state index contributed by atoms with van der Waals surface area (Å²) in [6, 6.07) is 8.45. The summed E-state index contributed by atoms with van der Waals surface area (Å²) in [6.07, 6.45) is 6.66. The van der Waals surface area contributed by atoms with E-state index in [2.05, 4.69) is 27.4 Å². The molecule has 2 aromatic rings. The van der Waals surface area contributed by atoms with Crippen LogP contribution in [-0.2, 0) is 6.54 Å². The van der Waals surface area contributed by atoms with Gasteiger partial charge in [0, 0.05) is 43.7 Å². The SMILES string of the molecule is Cc1nc(CN2CCN(C(=O)c3ccc(C4CCCCC4)cc3)CC2)cs1. The maximum atomic E-state index is 12.9. The number of carbonyl (C=O) groups is 1. The van der Waals surface area contributed by atoms with Gasteiger partial charge in [0.15, 0.2) is 0 Å². The van der Waals surface area contributed by atoms with Crippen LogP contribution in [0.15, 0.2) is 29.6 Å². The summed E-state index contributed by atoms with van der Waals surface area (Å²) in [5.41, 5.74) is 3.39. The summed E-state index contributed by atoms with van der Waals surface area (Å²) < 4.78 is 0. The standard InChI is InChI=1S/C22H29N3OS/c1-17-23-21(16-27-17)15-24-11-13-25(14-12-24)22(26)20-9-7-19(8-10-20)18-5-3-2-4-6-18/h7-10,16,18H,2-6,11-15H2,1H3. The van der Waals surface area contributed by atoms with Gasteiger partial charge in [0.2, 0.25) is 0 Å². The Morgan fingerprint density at radius 1 is 1.07 bits per heavy atom. The second kappa shape index (κ2) is 8.53. The molecule has 1 aliphatic heterocycles. The first-order valence-electron chi connectivity index (χ1n) is 10.2. The van der Waals surface area contributed by atoms with Crippen molar-refractivity contribution < 1.29 is 4.79 Å². The van der Waals surface area contributed by atoms with Crippen molar-refractivity contribution in [3.63, 3.8) is 0 Å². The van der Waals surface area contributed by atoms with Crippen molar-refractivity contribution in [3.05, 3.63) is 51.5 Å². The number of rotatable bonds is 4. The number of thiazole rings is 1. The van der Waals surface area contributed by atoms with Gasteiger partial charge in [-0.2, -0.15) is 0 Å². The van der Waals surface area contributed by atoms with Crippen LogP contribution in [0.5, 0.6) is 0 Å². The van der Waals surface area contributed by atoms with Crippen molar-refractivity contribution in [2.75, 3.05) is 26.2 Å². The van der Waals surface area contributed by atoms with Crippen molar-refractivity contribution >= 4 is 17.2 Å². The molecule has 1 amide bonds. The molecule has 144 valence electrons. The van der Waals surface area contributed by atoms with Gasteiger partial charge in [-0.25, -0.2) is 4.98 Å². The lowest BCUT2D eigenvalue weighted by Crippen LogP contribution is -2.48. The minimum absolute atomic E-state index is 0.175. The number of piperazine rings is 1. The van der Waals surface area contributed by atoms with Crippen LogP contribution in [-0.4, -0.2) is 46.9 Å². The number of amides is 1. The Labute approximate surface area is 166 Å². The molecule has 2 aliphatic rings. The molecule has 1 aromatic carbocycles. The molecule has 1 saturated heterocycles. The molecule has 0 bridgehead atoms. The second-order valence-electron chi connectivity index (χ2n) is 7.88. The Morgan fingerprint density at radius 2 is 1.78 bits per heavy atom. The lowest BCUT2D eigenvalue weighted by atomic mass is 9.84. The van der Waals surface area contributed by atoms with Gasteiger partial charge in [-0.15, -0.1) is 11.3 Å². The highest BCUT2D eigenvalue weighted by molar-refractivity contribution is 7.09. The highest BCUT2D eigenvalue weighted by Gasteiger charge is 2.23. The number of nitrogens with zero attached hydrogens (tertiary/aromatic N) is 3. The van der Waals surface area contributed by atoms with E-state index in [0.29, 0.717) is 5.92 Å². The van der Waals surface area contributed by atoms with E-state index >= 15 is 0 Å². The Balaban J connectivity index is 1.31. The lowest BCUT2D eigenvalue weighted by Gasteiger charge is -2.34. The first-order chi connectivity index (χ1) is 13.2. The van der Waals surface area contributed by atoms with Crippen molar-refractivity contribution in [1.29, 1.82) is 0 Å². The summed E-state index contributed by atoms with van der Waals surface area (Å²) in [4.78, 5) is 21.8. The normalized spacial score (nSPS) is 19.4. The molecule has 0 radical (unpaired) electrons. The van der Waals surface area contributed by atoms with Gasteiger partial charge in [0.25, 0.3) is 5.91 Å². The van der Waals surface area contributed by atoms with E-state index < -0.39 is 0 Å². The van der Waals surface area contributed by atoms with Crippen molar-refractivity contribution in [3.8, 4) is 0 Å². The second-order valence-corrected chi connectivity index (χ2v) is 8.95. The van der Waals surface area contributed by atoms with Crippen molar-refractivity contribution in [1.82, 2.24) is 14.8 Å². The van der Waals surface area contributed by atoms with E-state index in [1.807, 2.05) is 24.0 Å². The fourth-order valence-electron chi connectivity index (χ4n) is 4.34. The van der Waals surface area contributed by atoms with Crippen LogP contribution in [0.25, 0.3) is 0 Å². The first kappa shape index (κ1) is 18.6. The maximum Gasteiger partial charge on any atom is 0.253 e. The average Bonchev–Trinajstić information content (AvgIpc) is 3.13. The third-order valence-corrected chi connectivity index (χ3v) is 6.77. The largest absolute Gasteiger partial charge is 0.336 e. The highest BCUT2D eigenvalue weighted by Crippen LogP contribution is 2.32. The molecule has 0 unspecified atom stereocenters. The Morgan fingerprint density at radius 3 is 2.41 bits per heavy atom. The summed E-state index contributed by atoms with van der Waals surface area (Å²) in [6.45, 7) is 6.37. The van der Waals surface area contributed by atoms with Gasteiger partial charge in [0.1, 0.15) is 0 Å². The molecule has 5 heteroatoms. The maximum absolute atomic E-state index is 12.9. The number of aryl methyl sites for hydroxylation is 1. The van der Waals surface area contributed by atoms with Crippen molar-refractivity contribution in [2.24, 2.45) is 0 Å². The van der Waals surface area contributed by atoms with E-state index in [4.69, 9.17) is 0 Å². The van der Waals surface area contributed by atoms with Crippen LogP contribution in [0, 0.1) is 6.92 Å². The number of carbonyl (C=O) groups excluding carboxylic acids is 1. The molecule has 4 nitrogen and oxygen atoms in total. The number of aromatic nitrogens is 1. The molecule has 4 rings (SSSR count). The quantitative estimate of drug-likeness (QED) is 0.782. The molecule has 0 N–H and O–H groups in total. The van der Waals surface area contributed by atoms with E-state index in [1.165, 1.54) is 37.7 Å². The predicted octanol–water partition coefficient (Wildman–Crippen LogP) is 4.46. The summed E-state index contributed by atoms with van der Waals surface area (Å²) >= 11 is 1.70. The molecular weight excluding hydrogens is 354 g/mol. The predicted molar refractivity (Wildman–Crippen MR) is 110 cm³/mol. The molecule has 2 heterocycles. The van der Waals surface area contributed by atoms with Crippen LogP contribution in [0.2, 0.25) is 0 Å². The molecule has 0 atom stereocenters. The molecular formula is C22H29N3OS. The zero-order valence-electron chi connectivity index (χ0n) is 16.2. The number of hydrogen-bond donors (Lipinski definition) is 0. The minimum Gasteiger partial charge on any atom is -0.336 e. The van der Waals surface area contributed by atoms with Crippen LogP contribution in [0.3, 0.4) is 0 Å². The molecule has 1 aromatic heterocycles. The van der Waals surface area contributed by atoms with Crippen LogP contribution in [0.4, 0.5) is 0 Å². The van der Waals surface area contributed by atoms with Gasteiger partial charge >= 0.3 is 0 Å². The zero-order valence-corrected chi connectivity index (χ0v) is 17.0. The molecule has 2 fully saturated rings. The Bertz CT molecular complexity index is 756. The molecule has 1 saturated carbocycles. The van der Waals surface area contributed by atoms with E-state index in [0.717, 1.165) is 49.0 Å². The first-order valence-corrected chi connectivity index (χ1v) is 11.1. The summed E-state index contributed by atoms with van der Waals surface area (Å²) in [5, 5.41) is 3.26. The monoisotopic (exact) mass is 383 g/mol. The lowest BCUT2D eigenvalue weighted by molar-refractivity contribution is 0.0627. The van der Waals surface area contributed by atoms with E-state index in [1.54, 1.807) is 11.3 Å². The Kier molecular flexibility index (Phi) is 5.89. The van der Waals surface area contributed by atoms with Gasteiger partial charge < -0.3 is 4.90 Å². The molecule has 1 aliphatic carbocycles. The average molecular weight is 384 g/mol. The van der Waals surface area contributed by atoms with Crippen LogP contribution < -0.4 is 0 Å². The third-order valence-electron chi connectivity index (χ3n) is 5.95. The zero-order chi connectivity index (χ0) is 18.6. The van der Waals surface area contributed by atoms with E-state index in [9.17, 15) is 4.79 Å². The Hall–Kier alpha value is -1.72. The van der Waals surface area contributed by atoms with E-state index in [-0.39, 0.29) is 5.91 Å². The fourth-order valence-corrected chi connectivity index (χ4v) is 4.94. The van der Waals surface area contributed by atoms with Gasteiger partial charge in [-0.3, -0.25) is 9.69 Å². The third kappa shape index (κ3) is 4.58. The summed E-state index contributed by atoms with van der Waals surface area (Å²) in [7, 11) is 0. The highest BCUT2D eigenvalue weighted by atomic mass is 32.1.